The lowest BCUT2D eigenvalue weighted by molar-refractivity contribution is 0.0954. The number of nitrogens with zero attached hydrogens (tertiary/aromatic N) is 2. The van der Waals surface area contributed by atoms with Crippen molar-refractivity contribution in [1.29, 1.82) is 0 Å². The average molecular weight is 378 g/mol. The van der Waals surface area contributed by atoms with Crippen LogP contribution in [0.5, 0.6) is 0 Å². The second-order valence-electron chi connectivity index (χ2n) is 5.01. The van der Waals surface area contributed by atoms with Crippen LogP contribution in [-0.2, 0) is 6.42 Å². The highest BCUT2D eigenvalue weighted by Gasteiger charge is 2.11. The van der Waals surface area contributed by atoms with Crippen LogP contribution >= 0.6 is 34.5 Å². The van der Waals surface area contributed by atoms with Crippen LogP contribution in [0.4, 0.5) is 0 Å². The summed E-state index contributed by atoms with van der Waals surface area (Å²) in [5.41, 5.74) is 2.39. The number of halogens is 2. The topological polar surface area (TPSA) is 54.9 Å². The molecule has 0 saturated carbocycles. The average Bonchev–Trinajstić information content (AvgIpc) is 3.04. The number of carbonyl (C=O) groups is 1. The highest BCUT2D eigenvalue weighted by molar-refractivity contribution is 7.13. The number of rotatable bonds is 5. The van der Waals surface area contributed by atoms with Gasteiger partial charge in [0.05, 0.1) is 16.3 Å². The largest absolute Gasteiger partial charge is 0.352 e. The Hall–Kier alpha value is -1.95. The number of benzene rings is 1. The normalized spacial score (nSPS) is 10.6. The monoisotopic (exact) mass is 377 g/mol. The molecule has 1 N–H and O–H groups in total. The lowest BCUT2D eigenvalue weighted by Gasteiger charge is -2.06. The van der Waals surface area contributed by atoms with Gasteiger partial charge in [-0.3, -0.25) is 9.78 Å². The van der Waals surface area contributed by atoms with Gasteiger partial charge >= 0.3 is 0 Å². The van der Waals surface area contributed by atoms with Crippen LogP contribution in [0.3, 0.4) is 0 Å². The van der Waals surface area contributed by atoms with E-state index in [2.05, 4.69) is 15.3 Å². The number of pyridine rings is 1. The molecule has 24 heavy (non-hydrogen) atoms. The number of hydrogen-bond acceptors (Lipinski definition) is 4. The third-order valence-corrected chi connectivity index (χ3v) is 4.81. The van der Waals surface area contributed by atoms with Crippen LogP contribution < -0.4 is 5.32 Å². The molecule has 3 rings (SSSR count). The van der Waals surface area contributed by atoms with Crippen molar-refractivity contribution in [3.05, 3.63) is 69.4 Å². The third kappa shape index (κ3) is 4.12. The summed E-state index contributed by atoms with van der Waals surface area (Å²) in [6, 6.07) is 8.66. The molecule has 0 fully saturated rings. The van der Waals surface area contributed by atoms with E-state index in [1.54, 1.807) is 41.9 Å². The summed E-state index contributed by atoms with van der Waals surface area (Å²) < 4.78 is 0. The first kappa shape index (κ1) is 16.9. The fourth-order valence-corrected chi connectivity index (χ4v) is 3.48. The lowest BCUT2D eigenvalue weighted by Crippen LogP contribution is -2.26. The van der Waals surface area contributed by atoms with Gasteiger partial charge in [0.25, 0.3) is 5.91 Å². The van der Waals surface area contributed by atoms with E-state index in [4.69, 9.17) is 23.2 Å². The number of nitrogens with one attached hydrogen (secondary N) is 1. The van der Waals surface area contributed by atoms with Gasteiger partial charge in [-0.2, -0.15) is 0 Å². The Morgan fingerprint density at radius 3 is 2.71 bits per heavy atom. The fraction of sp³-hybridized carbons (Fsp3) is 0.118. The van der Waals surface area contributed by atoms with E-state index in [-0.39, 0.29) is 5.91 Å². The van der Waals surface area contributed by atoms with Gasteiger partial charge in [-0.15, -0.1) is 11.3 Å². The van der Waals surface area contributed by atoms with E-state index < -0.39 is 0 Å². The molecule has 0 atom stereocenters. The first-order valence-electron chi connectivity index (χ1n) is 7.21. The minimum atomic E-state index is -0.221. The molecule has 2 heterocycles. The summed E-state index contributed by atoms with van der Waals surface area (Å²) in [5, 5.41) is 6.63. The maximum atomic E-state index is 12.1. The van der Waals surface area contributed by atoms with Crippen LogP contribution in [0.1, 0.15) is 16.1 Å². The zero-order chi connectivity index (χ0) is 16.9. The van der Waals surface area contributed by atoms with Gasteiger partial charge < -0.3 is 5.32 Å². The maximum absolute atomic E-state index is 12.1. The van der Waals surface area contributed by atoms with Gasteiger partial charge in [0.15, 0.2) is 0 Å². The Balaban J connectivity index is 1.57. The predicted molar refractivity (Wildman–Crippen MR) is 97.8 cm³/mol. The zero-order valence-corrected chi connectivity index (χ0v) is 14.8. The molecule has 1 aromatic carbocycles. The molecular weight excluding hydrogens is 365 g/mol. The van der Waals surface area contributed by atoms with Crippen LogP contribution in [0.2, 0.25) is 10.0 Å². The summed E-state index contributed by atoms with van der Waals surface area (Å²) in [7, 11) is 0. The maximum Gasteiger partial charge on any atom is 0.252 e. The van der Waals surface area contributed by atoms with Gasteiger partial charge in [0, 0.05) is 41.3 Å². The first-order chi connectivity index (χ1) is 11.6. The highest BCUT2D eigenvalue weighted by atomic mass is 35.5. The van der Waals surface area contributed by atoms with Crippen molar-refractivity contribution in [2.24, 2.45) is 0 Å². The standard InChI is InChI=1S/C17H13Cl2N3OS/c18-12-1-2-14(15(19)9-12)16(23)21-8-5-13-10-24-17(22-13)11-3-6-20-7-4-11/h1-4,6-7,9-10H,5,8H2,(H,21,23). The minimum Gasteiger partial charge on any atom is -0.352 e. The number of thiazole rings is 1. The Labute approximate surface area is 153 Å². The van der Waals surface area contributed by atoms with E-state index in [9.17, 15) is 4.79 Å². The van der Waals surface area contributed by atoms with Crippen molar-refractivity contribution in [2.45, 2.75) is 6.42 Å². The van der Waals surface area contributed by atoms with Crippen molar-refractivity contribution in [1.82, 2.24) is 15.3 Å². The summed E-state index contributed by atoms with van der Waals surface area (Å²) in [4.78, 5) is 20.7. The van der Waals surface area contributed by atoms with Crippen LogP contribution in [0.15, 0.2) is 48.1 Å². The Bertz CT molecular complexity index is 852. The van der Waals surface area contributed by atoms with E-state index >= 15 is 0 Å². The quantitative estimate of drug-likeness (QED) is 0.712. The molecule has 0 spiro atoms. The second-order valence-corrected chi connectivity index (χ2v) is 6.71. The van der Waals surface area contributed by atoms with Crippen LogP contribution in [-0.4, -0.2) is 22.4 Å². The van der Waals surface area contributed by atoms with Crippen molar-refractivity contribution < 1.29 is 4.79 Å². The molecule has 4 nitrogen and oxygen atoms in total. The zero-order valence-electron chi connectivity index (χ0n) is 12.5. The van der Waals surface area contributed by atoms with E-state index in [1.807, 2.05) is 17.5 Å². The minimum absolute atomic E-state index is 0.221. The van der Waals surface area contributed by atoms with Crippen molar-refractivity contribution in [3.63, 3.8) is 0 Å². The Kier molecular flexibility index (Phi) is 5.45. The number of hydrogen-bond donors (Lipinski definition) is 1. The summed E-state index contributed by atoms with van der Waals surface area (Å²) in [6.07, 6.45) is 4.14. The SMILES string of the molecule is O=C(NCCc1csc(-c2ccncc2)n1)c1ccc(Cl)cc1Cl. The summed E-state index contributed by atoms with van der Waals surface area (Å²) in [5.74, 6) is -0.221. The highest BCUT2D eigenvalue weighted by Crippen LogP contribution is 2.23. The molecule has 0 radical (unpaired) electrons. The van der Waals surface area contributed by atoms with Gasteiger partial charge in [-0.25, -0.2) is 4.98 Å². The van der Waals surface area contributed by atoms with Gasteiger partial charge in [0.1, 0.15) is 5.01 Å². The smallest absolute Gasteiger partial charge is 0.252 e. The molecule has 0 unspecified atom stereocenters. The van der Waals surface area contributed by atoms with Gasteiger partial charge in [-0.1, -0.05) is 23.2 Å². The van der Waals surface area contributed by atoms with Crippen molar-refractivity contribution in [2.75, 3.05) is 6.54 Å². The molecule has 0 aliphatic carbocycles. The molecule has 0 aliphatic heterocycles. The lowest BCUT2D eigenvalue weighted by atomic mass is 10.2. The Morgan fingerprint density at radius 2 is 1.96 bits per heavy atom. The number of aromatic nitrogens is 2. The van der Waals surface area contributed by atoms with E-state index in [0.29, 0.717) is 28.6 Å². The predicted octanol–water partition coefficient (Wildman–Crippen LogP) is 4.48. The molecule has 3 aromatic rings. The molecule has 1 amide bonds. The fourth-order valence-electron chi connectivity index (χ4n) is 2.12. The Morgan fingerprint density at radius 1 is 1.17 bits per heavy atom. The van der Waals surface area contributed by atoms with Gasteiger partial charge in [-0.05, 0) is 30.3 Å². The molecular formula is C17H13Cl2N3OS. The van der Waals surface area contributed by atoms with Crippen LogP contribution in [0.25, 0.3) is 10.6 Å². The van der Waals surface area contributed by atoms with Gasteiger partial charge in [0.2, 0.25) is 0 Å². The van der Waals surface area contributed by atoms with Crippen molar-refractivity contribution >= 4 is 40.4 Å². The molecule has 0 saturated heterocycles. The number of carbonyl (C=O) groups excluding carboxylic acids is 1. The molecule has 7 heteroatoms. The van der Waals surface area contributed by atoms with Crippen molar-refractivity contribution in [3.8, 4) is 10.6 Å². The third-order valence-electron chi connectivity index (χ3n) is 3.32. The molecule has 122 valence electrons. The molecule has 0 aliphatic rings. The first-order valence-corrected chi connectivity index (χ1v) is 8.85. The number of amides is 1. The summed E-state index contributed by atoms with van der Waals surface area (Å²) in [6.45, 7) is 0.483. The second kappa shape index (κ2) is 7.75. The molecule has 2 aromatic heterocycles. The van der Waals surface area contributed by atoms with Crippen LogP contribution in [0, 0.1) is 0 Å². The van der Waals surface area contributed by atoms with E-state index in [0.717, 1.165) is 16.3 Å². The van der Waals surface area contributed by atoms with E-state index in [1.165, 1.54) is 0 Å². The summed E-state index contributed by atoms with van der Waals surface area (Å²) >= 11 is 13.4. The molecule has 0 bridgehead atoms.